The maximum atomic E-state index is 12.4. The van der Waals surface area contributed by atoms with Gasteiger partial charge in [-0.25, -0.2) is 4.98 Å². The van der Waals surface area contributed by atoms with Gasteiger partial charge in [0.05, 0.1) is 11.3 Å². The molecular weight excluding hydrogens is 299 g/mol. The highest BCUT2D eigenvalue weighted by Gasteiger charge is 2.30. The van der Waals surface area contributed by atoms with E-state index < -0.39 is 11.7 Å². The molecule has 5 nitrogen and oxygen atoms in total. The Morgan fingerprint density at radius 1 is 1.23 bits per heavy atom. The van der Waals surface area contributed by atoms with Crippen molar-refractivity contribution in [2.24, 2.45) is 0 Å². The van der Waals surface area contributed by atoms with E-state index in [1.165, 1.54) is 17.0 Å². The van der Waals surface area contributed by atoms with Crippen LogP contribution >= 0.6 is 0 Å². The third-order valence-electron chi connectivity index (χ3n) is 2.23. The number of pyridine rings is 1. The number of aryl methyl sites for hydroxylation is 1. The summed E-state index contributed by atoms with van der Waals surface area (Å²) in [6.45, 7) is 9.95. The van der Waals surface area contributed by atoms with Gasteiger partial charge in [-0.05, 0) is 19.1 Å². The van der Waals surface area contributed by atoms with E-state index in [9.17, 15) is 13.2 Å². The molecule has 0 spiro atoms. The van der Waals surface area contributed by atoms with Crippen LogP contribution in [0.4, 0.5) is 19.0 Å². The van der Waals surface area contributed by atoms with Crippen molar-refractivity contribution in [3.8, 4) is 0 Å². The van der Waals surface area contributed by atoms with Gasteiger partial charge >= 0.3 is 6.18 Å². The number of anilines is 1. The molecule has 0 radical (unpaired) electrons. The molecule has 124 valence electrons. The lowest BCUT2D eigenvalue weighted by Gasteiger charge is -2.06. The van der Waals surface area contributed by atoms with E-state index in [1.807, 2.05) is 13.6 Å². The van der Waals surface area contributed by atoms with Crippen molar-refractivity contribution in [1.29, 1.82) is 0 Å². The van der Waals surface area contributed by atoms with Crippen molar-refractivity contribution in [3.05, 3.63) is 29.6 Å². The van der Waals surface area contributed by atoms with Crippen LogP contribution in [-0.2, 0) is 15.8 Å². The molecule has 2 N–H and O–H groups in total. The largest absolute Gasteiger partial charge is 0.416 e. The molecule has 2 aromatic rings. The number of imidazole rings is 1. The van der Waals surface area contributed by atoms with Crippen LogP contribution < -0.4 is 5.73 Å². The first-order valence-corrected chi connectivity index (χ1v) is 6.20. The minimum atomic E-state index is -4.35. The second-order valence-electron chi connectivity index (χ2n) is 3.93. The summed E-state index contributed by atoms with van der Waals surface area (Å²) in [5.41, 5.74) is 5.62. The lowest BCUT2D eigenvalue weighted by atomic mass is 10.2. The van der Waals surface area contributed by atoms with E-state index >= 15 is 0 Å². The maximum Gasteiger partial charge on any atom is 0.416 e. The molecule has 2 rings (SSSR count). The molecule has 22 heavy (non-hydrogen) atoms. The summed E-state index contributed by atoms with van der Waals surface area (Å²) in [6, 6.07) is 1.98. The normalized spacial score (nSPS) is 9.55. The van der Waals surface area contributed by atoms with Gasteiger partial charge in [-0.2, -0.15) is 13.2 Å². The monoisotopic (exact) mass is 319 g/mol. The van der Waals surface area contributed by atoms with Crippen LogP contribution in [0, 0.1) is 6.92 Å². The summed E-state index contributed by atoms with van der Waals surface area (Å²) in [4.78, 5) is 19.8. The molecule has 0 bridgehead atoms. The lowest BCUT2D eigenvalue weighted by Crippen LogP contribution is -2.05. The first kappa shape index (κ1) is 21.9. The fourth-order valence-corrected chi connectivity index (χ4v) is 1.36. The number of hydrogen-bond donors (Lipinski definition) is 1. The van der Waals surface area contributed by atoms with Crippen LogP contribution in [0.2, 0.25) is 0 Å². The van der Waals surface area contributed by atoms with Gasteiger partial charge < -0.3 is 19.7 Å². The standard InChI is InChI=1S/C9H8F3N3.C3H8.2CH2O/c1-5-8(13)14-7-4-6(9(10,11)12)2-3-15(5)7;1-3-2;2*1-2/h2-4H,13H2,1H3;3H2,1-2H3;2*1H2. The first-order valence-electron chi connectivity index (χ1n) is 6.20. The molecule has 0 aliphatic heterocycles. The van der Waals surface area contributed by atoms with Crippen LogP contribution in [-0.4, -0.2) is 23.0 Å². The third kappa shape index (κ3) is 5.94. The Hall–Kier alpha value is -2.38. The Morgan fingerprint density at radius 2 is 1.68 bits per heavy atom. The third-order valence-corrected chi connectivity index (χ3v) is 2.23. The summed E-state index contributed by atoms with van der Waals surface area (Å²) >= 11 is 0. The molecule has 0 unspecified atom stereocenters. The number of rotatable bonds is 0. The maximum absolute atomic E-state index is 12.4. The molecular formula is C14H20F3N3O2. The molecule has 0 saturated carbocycles. The molecule has 0 fully saturated rings. The van der Waals surface area contributed by atoms with Gasteiger partial charge in [-0.1, -0.05) is 20.3 Å². The first-order chi connectivity index (χ1) is 10.3. The Bertz CT molecular complexity index is 566. The molecule has 0 amide bonds. The zero-order valence-corrected chi connectivity index (χ0v) is 12.8. The molecule has 0 atom stereocenters. The van der Waals surface area contributed by atoms with Crippen LogP contribution in [0.15, 0.2) is 18.3 Å². The van der Waals surface area contributed by atoms with Crippen LogP contribution in [0.5, 0.6) is 0 Å². The van der Waals surface area contributed by atoms with Crippen LogP contribution in [0.25, 0.3) is 5.65 Å². The summed E-state index contributed by atoms with van der Waals surface area (Å²) in [7, 11) is 0. The number of halogens is 3. The molecule has 0 aliphatic rings. The van der Waals surface area contributed by atoms with Crippen LogP contribution in [0.1, 0.15) is 31.5 Å². The van der Waals surface area contributed by atoms with Gasteiger partial charge in [0.15, 0.2) is 0 Å². The fourth-order valence-electron chi connectivity index (χ4n) is 1.36. The lowest BCUT2D eigenvalue weighted by molar-refractivity contribution is -0.137. The van der Waals surface area contributed by atoms with Crippen LogP contribution in [0.3, 0.4) is 0 Å². The number of aromatic nitrogens is 2. The Balaban J connectivity index is 0. The molecule has 0 aliphatic carbocycles. The summed E-state index contributed by atoms with van der Waals surface area (Å²) in [5.74, 6) is 0.245. The fraction of sp³-hybridized carbons (Fsp3) is 0.357. The molecule has 8 heteroatoms. The van der Waals surface area contributed by atoms with E-state index in [-0.39, 0.29) is 11.5 Å². The van der Waals surface area contributed by atoms with Crippen molar-refractivity contribution in [3.63, 3.8) is 0 Å². The molecule has 2 heterocycles. The molecule has 0 aromatic carbocycles. The average Bonchev–Trinajstić information content (AvgIpc) is 2.78. The molecule has 2 aromatic heterocycles. The minimum absolute atomic E-state index is 0.208. The second kappa shape index (κ2) is 10.4. The van der Waals surface area contributed by atoms with E-state index in [1.54, 1.807) is 6.92 Å². The van der Waals surface area contributed by atoms with Crippen molar-refractivity contribution >= 4 is 25.0 Å². The van der Waals surface area contributed by atoms with Gasteiger partial charge in [0.25, 0.3) is 0 Å². The predicted molar refractivity (Wildman–Crippen MR) is 79.6 cm³/mol. The highest BCUT2D eigenvalue weighted by molar-refractivity contribution is 5.53. The van der Waals surface area contributed by atoms with Gasteiger partial charge in [0, 0.05) is 6.20 Å². The highest BCUT2D eigenvalue weighted by atomic mass is 19.4. The Kier molecular flexibility index (Phi) is 10.3. The van der Waals surface area contributed by atoms with Gasteiger partial charge in [-0.15, -0.1) is 0 Å². The SMILES string of the molecule is C=O.C=O.CCC.Cc1c(N)nc2cc(C(F)(F)F)ccn12. The van der Waals surface area contributed by atoms with E-state index in [0.29, 0.717) is 5.69 Å². The number of carbonyl (C=O) groups is 2. The number of nitrogens with zero attached hydrogens (tertiary/aromatic N) is 2. The predicted octanol–water partition coefficient (Wildman–Crippen LogP) is 3.29. The van der Waals surface area contributed by atoms with Crippen molar-refractivity contribution < 1.29 is 22.8 Å². The minimum Gasteiger partial charge on any atom is -0.382 e. The van der Waals surface area contributed by atoms with Gasteiger partial charge in [0.2, 0.25) is 0 Å². The second-order valence-corrected chi connectivity index (χ2v) is 3.93. The Morgan fingerprint density at radius 3 is 2.09 bits per heavy atom. The zero-order chi connectivity index (χ0) is 17.9. The van der Waals surface area contributed by atoms with Gasteiger partial charge in [-0.3, -0.25) is 0 Å². The number of carbonyl (C=O) groups excluding carboxylic acids is 2. The van der Waals surface area contributed by atoms with Crippen molar-refractivity contribution in [2.75, 3.05) is 5.73 Å². The van der Waals surface area contributed by atoms with Crippen molar-refractivity contribution in [1.82, 2.24) is 9.38 Å². The van der Waals surface area contributed by atoms with Gasteiger partial charge in [0.1, 0.15) is 25.0 Å². The number of hydrogen-bond acceptors (Lipinski definition) is 4. The highest BCUT2D eigenvalue weighted by Crippen LogP contribution is 2.30. The quantitative estimate of drug-likeness (QED) is 0.808. The molecule has 0 saturated heterocycles. The topological polar surface area (TPSA) is 77.5 Å². The average molecular weight is 319 g/mol. The number of nitrogen functional groups attached to an aromatic ring is 1. The van der Waals surface area contributed by atoms with E-state index in [0.717, 1.165) is 12.1 Å². The zero-order valence-electron chi connectivity index (χ0n) is 12.8. The summed E-state index contributed by atoms with van der Waals surface area (Å²) in [6.07, 6.45) is -1.78. The van der Waals surface area contributed by atoms with E-state index in [4.69, 9.17) is 15.3 Å². The number of fused-ring (bicyclic) bond motifs is 1. The van der Waals surface area contributed by atoms with Crippen molar-refractivity contribution in [2.45, 2.75) is 33.4 Å². The summed E-state index contributed by atoms with van der Waals surface area (Å²) in [5, 5.41) is 0. The summed E-state index contributed by atoms with van der Waals surface area (Å²) < 4.78 is 38.6. The number of alkyl halides is 3. The number of nitrogens with two attached hydrogens (primary N) is 1. The van der Waals surface area contributed by atoms with E-state index in [2.05, 4.69) is 18.8 Å². The Labute approximate surface area is 127 Å². The smallest absolute Gasteiger partial charge is 0.382 e.